The molecule has 0 aliphatic carbocycles. The van der Waals surface area contributed by atoms with Crippen LogP contribution in [0.15, 0.2) is 54.6 Å². The van der Waals surface area contributed by atoms with E-state index < -0.39 is 5.82 Å². The average molecular weight is 397 g/mol. The van der Waals surface area contributed by atoms with Crippen molar-refractivity contribution in [3.8, 4) is 11.5 Å². The molecule has 3 rings (SSSR count). The van der Waals surface area contributed by atoms with Gasteiger partial charge in [-0.25, -0.2) is 4.39 Å². The Morgan fingerprint density at radius 2 is 1.64 bits per heavy atom. The van der Waals surface area contributed by atoms with Crippen LogP contribution in [0.4, 0.5) is 15.8 Å². The predicted octanol–water partition coefficient (Wildman–Crippen LogP) is 6.59. The molecule has 0 radical (unpaired) electrons. The van der Waals surface area contributed by atoms with Gasteiger partial charge in [0.15, 0.2) is 6.29 Å². The number of carbonyl (C=O) groups excluding carboxylic acids is 1. The van der Waals surface area contributed by atoms with Crippen molar-refractivity contribution in [2.45, 2.75) is 20.8 Å². The molecule has 146 valence electrons. The third-order valence-corrected chi connectivity index (χ3v) is 4.09. The highest BCUT2D eigenvalue weighted by molar-refractivity contribution is 7.15. The molecule has 0 amide bonds. The summed E-state index contributed by atoms with van der Waals surface area (Å²) in [6, 6.07) is 15.8. The van der Waals surface area contributed by atoms with Crippen LogP contribution in [0.1, 0.15) is 27.0 Å². The number of ether oxygens (including phenoxy) is 1. The molecule has 1 unspecified atom stereocenters. The Labute approximate surface area is 168 Å². The van der Waals surface area contributed by atoms with E-state index in [1.54, 1.807) is 6.07 Å². The summed E-state index contributed by atoms with van der Waals surface area (Å²) in [6.45, 7) is 7.81. The molecule has 0 fully saturated rings. The minimum Gasteiger partial charge on any atom is -0.456 e. The van der Waals surface area contributed by atoms with E-state index >= 15 is 0 Å². The summed E-state index contributed by atoms with van der Waals surface area (Å²) < 4.78 is 19.9. The van der Waals surface area contributed by atoms with Gasteiger partial charge in [0.25, 0.3) is 0 Å². The number of aryl methyl sites for hydroxylation is 3. The van der Waals surface area contributed by atoms with Crippen molar-refractivity contribution in [1.29, 1.82) is 0 Å². The minimum atomic E-state index is -0.481. The second-order valence-electron chi connectivity index (χ2n) is 6.34. The summed E-state index contributed by atoms with van der Waals surface area (Å²) in [6.07, 6.45) is 0.677. The van der Waals surface area contributed by atoms with Gasteiger partial charge in [-0.2, -0.15) is 0 Å². The van der Waals surface area contributed by atoms with Crippen molar-refractivity contribution < 1.29 is 13.9 Å². The van der Waals surface area contributed by atoms with E-state index in [1.165, 1.54) is 12.1 Å². The van der Waals surface area contributed by atoms with Crippen LogP contribution in [0.5, 0.6) is 11.5 Å². The molecule has 0 spiro atoms. The lowest BCUT2D eigenvalue weighted by molar-refractivity contribution is 0.112. The molecular formula is C23H25FNO2P. The molecule has 0 saturated heterocycles. The van der Waals surface area contributed by atoms with Crippen molar-refractivity contribution >= 4 is 26.9 Å². The molecule has 3 aromatic carbocycles. The maximum Gasteiger partial charge on any atom is 0.155 e. The van der Waals surface area contributed by atoms with Crippen LogP contribution < -0.4 is 10.1 Å². The van der Waals surface area contributed by atoms with E-state index in [0.29, 0.717) is 17.7 Å². The monoisotopic (exact) mass is 397 g/mol. The molecular weight excluding hydrogens is 372 g/mol. The third kappa shape index (κ3) is 5.40. The van der Waals surface area contributed by atoms with Crippen molar-refractivity contribution in [2.75, 3.05) is 12.0 Å². The van der Waals surface area contributed by atoms with E-state index in [9.17, 15) is 9.18 Å². The van der Waals surface area contributed by atoms with Crippen LogP contribution >= 0.6 is 9.24 Å². The summed E-state index contributed by atoms with van der Waals surface area (Å²) >= 11 is 0. The number of anilines is 2. The van der Waals surface area contributed by atoms with Crippen LogP contribution in [0.25, 0.3) is 0 Å². The van der Waals surface area contributed by atoms with E-state index in [2.05, 4.69) is 14.6 Å². The summed E-state index contributed by atoms with van der Waals surface area (Å²) in [7, 11) is 2.42. The van der Waals surface area contributed by atoms with Gasteiger partial charge in [-0.15, -0.1) is 9.24 Å². The number of benzene rings is 3. The number of rotatable bonds is 5. The van der Waals surface area contributed by atoms with Gasteiger partial charge < -0.3 is 10.1 Å². The predicted molar refractivity (Wildman–Crippen MR) is 118 cm³/mol. The molecule has 1 atom stereocenters. The van der Waals surface area contributed by atoms with Gasteiger partial charge >= 0.3 is 0 Å². The molecule has 0 aliphatic rings. The Hall–Kier alpha value is -2.71. The van der Waals surface area contributed by atoms with E-state index in [4.69, 9.17) is 4.74 Å². The fraction of sp³-hybridized carbons (Fsp3) is 0.174. The number of aldehydes is 1. The quantitative estimate of drug-likeness (QED) is 0.390. The lowest BCUT2D eigenvalue weighted by atomic mass is 10.1. The normalized spacial score (nSPS) is 9.93. The highest BCUT2D eigenvalue weighted by Crippen LogP contribution is 2.33. The smallest absolute Gasteiger partial charge is 0.155 e. The first-order valence-electron chi connectivity index (χ1n) is 8.91. The van der Waals surface area contributed by atoms with Gasteiger partial charge in [-0.3, -0.25) is 4.79 Å². The highest BCUT2D eigenvalue weighted by Gasteiger charge is 2.14. The van der Waals surface area contributed by atoms with E-state index in [-0.39, 0.29) is 11.3 Å². The molecule has 3 nitrogen and oxygen atoms in total. The first kappa shape index (κ1) is 21.6. The Balaban J connectivity index is 0.00000136. The highest BCUT2D eigenvalue weighted by atomic mass is 31.0. The molecule has 5 heteroatoms. The van der Waals surface area contributed by atoms with Crippen LogP contribution in [0.2, 0.25) is 0 Å². The Kier molecular flexibility index (Phi) is 7.71. The van der Waals surface area contributed by atoms with Gasteiger partial charge in [-0.05, 0) is 56.2 Å². The number of hydrogen-bond donors (Lipinski definition) is 1. The van der Waals surface area contributed by atoms with Gasteiger partial charge in [0.05, 0.1) is 11.3 Å². The fourth-order valence-electron chi connectivity index (χ4n) is 2.81. The summed E-state index contributed by atoms with van der Waals surface area (Å²) in [5, 5.41) is 3.15. The summed E-state index contributed by atoms with van der Waals surface area (Å²) in [4.78, 5) is 11.7. The lowest BCUT2D eigenvalue weighted by Gasteiger charge is -2.15. The van der Waals surface area contributed by atoms with E-state index in [1.807, 2.05) is 63.8 Å². The molecule has 1 N–H and O–H groups in total. The maximum atomic E-state index is 14.2. The summed E-state index contributed by atoms with van der Waals surface area (Å²) in [5.41, 5.74) is 4.60. The van der Waals surface area contributed by atoms with Gasteiger partial charge in [0.2, 0.25) is 0 Å². The van der Waals surface area contributed by atoms with Crippen molar-refractivity contribution in [3.05, 3.63) is 82.7 Å². The number of carbonyl (C=O) groups is 1. The largest absolute Gasteiger partial charge is 0.456 e. The maximum absolute atomic E-state index is 14.2. The molecule has 0 saturated carbocycles. The number of halogens is 1. The topological polar surface area (TPSA) is 38.3 Å². The molecule has 0 aliphatic heterocycles. The molecule has 28 heavy (non-hydrogen) atoms. The van der Waals surface area contributed by atoms with Crippen LogP contribution in [0, 0.1) is 26.6 Å². The summed E-state index contributed by atoms with van der Waals surface area (Å²) in [5.74, 6) is 0.250. The van der Waals surface area contributed by atoms with Gasteiger partial charge in [0.1, 0.15) is 17.3 Å². The molecule has 0 heterocycles. The van der Waals surface area contributed by atoms with Gasteiger partial charge in [0, 0.05) is 11.8 Å². The minimum absolute atomic E-state index is 0.179. The second-order valence-corrected chi connectivity index (χ2v) is 6.34. The van der Waals surface area contributed by atoms with Crippen LogP contribution in [-0.4, -0.2) is 13.0 Å². The zero-order valence-corrected chi connectivity index (χ0v) is 17.7. The first-order chi connectivity index (χ1) is 13.5. The van der Waals surface area contributed by atoms with Crippen molar-refractivity contribution in [1.82, 2.24) is 0 Å². The molecule has 3 aromatic rings. The van der Waals surface area contributed by atoms with Crippen LogP contribution in [-0.2, 0) is 0 Å². The average Bonchev–Trinajstić information content (AvgIpc) is 2.65. The third-order valence-electron chi connectivity index (χ3n) is 4.09. The Morgan fingerprint density at radius 1 is 0.929 bits per heavy atom. The van der Waals surface area contributed by atoms with Crippen molar-refractivity contribution in [3.63, 3.8) is 0 Å². The van der Waals surface area contributed by atoms with Crippen molar-refractivity contribution in [2.24, 2.45) is 0 Å². The molecule has 0 aromatic heterocycles. The fourth-order valence-corrected chi connectivity index (χ4v) is 2.81. The molecule has 0 bridgehead atoms. The van der Waals surface area contributed by atoms with E-state index in [0.717, 1.165) is 22.4 Å². The standard InChI is InChI=1S/C22H20FNO2.CH5P/c1-14-5-4-6-18(10-14)26-22-12-17(23)11-21(19(22)13-25)24-20-8-7-15(2)9-16(20)3;1-2/h4-13,24H,1-3H3;2H2,1H3. The second kappa shape index (κ2) is 10.0. The Bertz CT molecular complexity index is 973. The van der Waals surface area contributed by atoms with Crippen LogP contribution in [0.3, 0.4) is 0 Å². The number of nitrogens with one attached hydrogen (secondary N) is 1. The lowest BCUT2D eigenvalue weighted by Crippen LogP contribution is -2.01. The SMILES string of the molecule is CP.Cc1cccc(Oc2cc(F)cc(Nc3ccc(C)cc3C)c2C=O)c1. The Morgan fingerprint density at radius 3 is 2.29 bits per heavy atom. The number of hydrogen-bond acceptors (Lipinski definition) is 3. The zero-order chi connectivity index (χ0) is 20.7. The first-order valence-corrected chi connectivity index (χ1v) is 10.1. The van der Waals surface area contributed by atoms with Gasteiger partial charge in [-0.1, -0.05) is 36.5 Å². The zero-order valence-electron chi connectivity index (χ0n) is 16.5.